The van der Waals surface area contributed by atoms with Crippen molar-refractivity contribution in [1.29, 1.82) is 0 Å². The summed E-state index contributed by atoms with van der Waals surface area (Å²) in [6.07, 6.45) is -4.89. The largest absolute Gasteiger partial charge is 0.461 e. The van der Waals surface area contributed by atoms with E-state index in [1.54, 1.807) is 20.8 Å². The quantitative estimate of drug-likeness (QED) is 0.259. The van der Waals surface area contributed by atoms with E-state index in [1.165, 1.54) is 33.8 Å². The first-order valence-electron chi connectivity index (χ1n) is 12.8. The van der Waals surface area contributed by atoms with Crippen LogP contribution in [-0.2, 0) is 38.1 Å². The molecule has 2 aliphatic carbocycles. The highest BCUT2D eigenvalue weighted by Gasteiger charge is 2.50. The molecule has 0 amide bonds. The van der Waals surface area contributed by atoms with E-state index < -0.39 is 65.7 Å². The first-order chi connectivity index (χ1) is 18.0. The lowest BCUT2D eigenvalue weighted by Crippen LogP contribution is -2.48. The number of esters is 4. The zero-order valence-corrected chi connectivity index (χ0v) is 23.8. The first-order valence-corrected chi connectivity index (χ1v) is 12.8. The molecule has 2 aliphatic rings. The average Bonchev–Trinajstić information content (AvgIpc) is 2.79. The molecule has 0 heterocycles. The maximum Gasteiger partial charge on any atom is 0.307 e. The van der Waals surface area contributed by atoms with Crippen LogP contribution < -0.4 is 0 Å². The molecule has 0 spiro atoms. The second-order valence-corrected chi connectivity index (χ2v) is 10.7. The van der Waals surface area contributed by atoms with Gasteiger partial charge >= 0.3 is 23.9 Å². The molecule has 39 heavy (non-hydrogen) atoms. The SMILES string of the molecule is CC(=O)OC/C1=C\[C@H](O)[C@@H]2C[C@H](OC(C)=O)C(C)=C([C@@H](OC(C)=O)/C(OC(C)=O)=C(/C)[C@H](O)C[C@@H]1O)C2(C)C. The van der Waals surface area contributed by atoms with Crippen LogP contribution in [0.1, 0.15) is 68.2 Å². The molecule has 3 N–H and O–H groups in total. The van der Waals surface area contributed by atoms with E-state index in [4.69, 9.17) is 18.9 Å². The summed E-state index contributed by atoms with van der Waals surface area (Å²) >= 11 is 0. The summed E-state index contributed by atoms with van der Waals surface area (Å²) in [7, 11) is 0. The molecular formula is C28H40O11. The lowest BCUT2D eigenvalue weighted by molar-refractivity contribution is -0.151. The minimum Gasteiger partial charge on any atom is -0.461 e. The fourth-order valence-corrected chi connectivity index (χ4v) is 5.42. The number of aliphatic hydroxyl groups excluding tert-OH is 3. The molecular weight excluding hydrogens is 512 g/mol. The minimum absolute atomic E-state index is 0.116. The standard InChI is InChI=1S/C28H40O11/c1-13-21(33)11-22(34)19(12-36-15(3)29)9-23(35)20-10-24(37-16(4)30)14(2)25(28(20,7)8)27(39-18(6)32)26(13)38-17(5)31/h9,20-24,27,33-35H,10-12H2,1-8H3/b19-9+,26-13+/t20-,21+,22-,23-,24-,27+/m0/s1. The highest BCUT2D eigenvalue weighted by molar-refractivity contribution is 5.70. The molecule has 0 radical (unpaired) electrons. The van der Waals surface area contributed by atoms with E-state index in [2.05, 4.69) is 0 Å². The Morgan fingerprint density at radius 3 is 1.95 bits per heavy atom. The van der Waals surface area contributed by atoms with Crippen LogP contribution in [0, 0.1) is 11.3 Å². The Hall–Kier alpha value is -3.02. The van der Waals surface area contributed by atoms with Gasteiger partial charge < -0.3 is 34.3 Å². The van der Waals surface area contributed by atoms with Crippen LogP contribution in [0.3, 0.4) is 0 Å². The van der Waals surface area contributed by atoms with Gasteiger partial charge in [0.2, 0.25) is 0 Å². The number of ether oxygens (including phenoxy) is 4. The van der Waals surface area contributed by atoms with Gasteiger partial charge in [0.25, 0.3) is 0 Å². The molecule has 11 heteroatoms. The summed E-state index contributed by atoms with van der Waals surface area (Å²) < 4.78 is 21.9. The molecule has 0 aliphatic heterocycles. The van der Waals surface area contributed by atoms with Gasteiger partial charge in [-0.05, 0) is 48.0 Å². The van der Waals surface area contributed by atoms with Crippen molar-refractivity contribution >= 4 is 23.9 Å². The maximum absolute atomic E-state index is 12.3. The van der Waals surface area contributed by atoms with Gasteiger partial charge in [0.15, 0.2) is 11.9 Å². The van der Waals surface area contributed by atoms with Crippen molar-refractivity contribution in [2.45, 2.75) is 98.8 Å². The third kappa shape index (κ3) is 7.77. The van der Waals surface area contributed by atoms with Crippen LogP contribution in [0.15, 0.2) is 34.1 Å². The van der Waals surface area contributed by atoms with Crippen molar-refractivity contribution in [1.82, 2.24) is 0 Å². The van der Waals surface area contributed by atoms with Gasteiger partial charge in [-0.15, -0.1) is 0 Å². The van der Waals surface area contributed by atoms with Crippen molar-refractivity contribution in [3.8, 4) is 0 Å². The summed E-state index contributed by atoms with van der Waals surface area (Å²) in [5, 5.41) is 33.6. The number of rotatable bonds is 5. The van der Waals surface area contributed by atoms with Gasteiger partial charge in [-0.2, -0.15) is 0 Å². The van der Waals surface area contributed by atoms with Crippen molar-refractivity contribution in [3.05, 3.63) is 34.1 Å². The normalized spacial score (nSPS) is 32.5. The number of carbonyl (C=O) groups is 4. The van der Waals surface area contributed by atoms with E-state index in [0.29, 0.717) is 11.1 Å². The van der Waals surface area contributed by atoms with Crippen LogP contribution in [0.5, 0.6) is 0 Å². The molecule has 0 saturated carbocycles. The lowest BCUT2D eigenvalue weighted by Gasteiger charge is -2.48. The Kier molecular flexibility index (Phi) is 10.6. The zero-order valence-electron chi connectivity index (χ0n) is 23.8. The molecule has 218 valence electrons. The Morgan fingerprint density at radius 1 is 0.846 bits per heavy atom. The summed E-state index contributed by atoms with van der Waals surface area (Å²) in [6, 6.07) is 0. The summed E-state index contributed by atoms with van der Waals surface area (Å²) in [5.41, 5.74) is 0.273. The second kappa shape index (κ2) is 12.9. The van der Waals surface area contributed by atoms with E-state index in [-0.39, 0.29) is 36.4 Å². The van der Waals surface area contributed by atoms with E-state index >= 15 is 0 Å². The number of carbonyl (C=O) groups excluding carboxylic acids is 4. The molecule has 6 atom stereocenters. The number of hydrogen-bond donors (Lipinski definition) is 3. The van der Waals surface area contributed by atoms with Crippen LogP contribution in [0.2, 0.25) is 0 Å². The molecule has 0 fully saturated rings. The van der Waals surface area contributed by atoms with Gasteiger partial charge in [-0.25, -0.2) is 0 Å². The number of aliphatic hydroxyl groups is 3. The van der Waals surface area contributed by atoms with E-state index in [9.17, 15) is 34.5 Å². The van der Waals surface area contributed by atoms with Gasteiger partial charge in [0.05, 0.1) is 18.3 Å². The van der Waals surface area contributed by atoms with Crippen LogP contribution in [0.4, 0.5) is 0 Å². The van der Waals surface area contributed by atoms with E-state index in [1.807, 2.05) is 0 Å². The smallest absolute Gasteiger partial charge is 0.307 e. The summed E-state index contributed by atoms with van der Waals surface area (Å²) in [6.45, 7) is 11.3. The third-order valence-corrected chi connectivity index (χ3v) is 7.35. The Morgan fingerprint density at radius 2 is 1.44 bits per heavy atom. The Labute approximate surface area is 228 Å². The van der Waals surface area contributed by atoms with Gasteiger partial charge in [0, 0.05) is 40.0 Å². The zero-order chi connectivity index (χ0) is 29.8. The Balaban J connectivity index is 2.95. The molecule has 11 nitrogen and oxygen atoms in total. The summed E-state index contributed by atoms with van der Waals surface area (Å²) in [4.78, 5) is 48.0. The second-order valence-electron chi connectivity index (χ2n) is 10.7. The Bertz CT molecular complexity index is 1080. The van der Waals surface area contributed by atoms with Crippen LogP contribution >= 0.6 is 0 Å². The van der Waals surface area contributed by atoms with Gasteiger partial charge in [-0.3, -0.25) is 19.2 Å². The van der Waals surface area contributed by atoms with Crippen LogP contribution in [0.25, 0.3) is 0 Å². The fraction of sp³-hybridized carbons (Fsp3) is 0.643. The third-order valence-electron chi connectivity index (χ3n) is 7.35. The van der Waals surface area contributed by atoms with Crippen molar-refractivity contribution in [2.24, 2.45) is 11.3 Å². The molecule has 0 aromatic rings. The molecule has 0 aromatic heterocycles. The molecule has 2 bridgehead atoms. The van der Waals surface area contributed by atoms with E-state index in [0.717, 1.165) is 6.92 Å². The monoisotopic (exact) mass is 552 g/mol. The molecule has 2 rings (SSSR count). The van der Waals surface area contributed by atoms with Gasteiger partial charge in [-0.1, -0.05) is 19.9 Å². The first kappa shape index (κ1) is 32.2. The summed E-state index contributed by atoms with van der Waals surface area (Å²) in [5.74, 6) is -3.43. The van der Waals surface area contributed by atoms with Crippen molar-refractivity contribution in [2.75, 3.05) is 6.61 Å². The lowest BCUT2D eigenvalue weighted by atomic mass is 9.60. The predicted molar refractivity (Wildman–Crippen MR) is 138 cm³/mol. The molecule has 0 saturated heterocycles. The van der Waals surface area contributed by atoms with Crippen LogP contribution in [-0.4, -0.2) is 76.3 Å². The average molecular weight is 553 g/mol. The molecule has 0 aromatic carbocycles. The van der Waals surface area contributed by atoms with Gasteiger partial charge in [0.1, 0.15) is 12.7 Å². The fourth-order valence-electron chi connectivity index (χ4n) is 5.42. The number of fused-ring (bicyclic) bond motifs is 2. The highest BCUT2D eigenvalue weighted by Crippen LogP contribution is 2.51. The molecule has 0 unspecified atom stereocenters. The highest BCUT2D eigenvalue weighted by atomic mass is 16.6. The van der Waals surface area contributed by atoms with Crippen molar-refractivity contribution in [3.63, 3.8) is 0 Å². The maximum atomic E-state index is 12.3. The number of hydrogen-bond acceptors (Lipinski definition) is 11. The topological polar surface area (TPSA) is 166 Å². The predicted octanol–water partition coefficient (Wildman–Crippen LogP) is 2.03. The van der Waals surface area contributed by atoms with Crippen molar-refractivity contribution < 1.29 is 53.4 Å². The minimum atomic E-state index is -1.39.